The van der Waals surface area contributed by atoms with Gasteiger partial charge in [-0.2, -0.15) is 5.26 Å². The number of fused-ring (bicyclic) bond motifs is 3. The molecule has 3 aromatic rings. The Bertz CT molecular complexity index is 987. The summed E-state index contributed by atoms with van der Waals surface area (Å²) in [5, 5.41) is 9.88. The number of pyridine rings is 1. The van der Waals surface area contributed by atoms with Crippen molar-refractivity contribution in [1.29, 1.82) is 5.26 Å². The molecule has 1 aliphatic rings. The summed E-state index contributed by atoms with van der Waals surface area (Å²) >= 11 is 0. The second kappa shape index (κ2) is 6.99. The molecule has 0 unspecified atom stereocenters. The van der Waals surface area contributed by atoms with Crippen LogP contribution in [0.5, 0.6) is 0 Å². The number of nitrogens with zero attached hydrogens (tertiary/aromatic N) is 4. The molecule has 1 aromatic carbocycles. The van der Waals surface area contributed by atoms with Gasteiger partial charge in [0.15, 0.2) is 5.65 Å². The largest absolute Gasteiger partial charge is 0.357 e. The molecule has 4 nitrogen and oxygen atoms in total. The lowest BCUT2D eigenvalue weighted by atomic mass is 9.98. The number of anilines is 1. The zero-order valence-electron chi connectivity index (χ0n) is 15.8. The van der Waals surface area contributed by atoms with Crippen molar-refractivity contribution in [2.75, 3.05) is 18.0 Å². The van der Waals surface area contributed by atoms with Crippen molar-refractivity contribution >= 4 is 22.5 Å². The summed E-state index contributed by atoms with van der Waals surface area (Å²) in [7, 11) is 0. The van der Waals surface area contributed by atoms with Crippen LogP contribution in [-0.2, 0) is 6.42 Å². The fraction of sp³-hybridized carbons (Fsp3) is 0.455. The molecule has 0 N–H and O–H groups in total. The van der Waals surface area contributed by atoms with Crippen LogP contribution in [-0.4, -0.2) is 22.5 Å². The molecular weight excluding hydrogens is 320 g/mol. The normalized spacial score (nSPS) is 14.9. The van der Waals surface area contributed by atoms with Gasteiger partial charge in [0.1, 0.15) is 11.9 Å². The number of aromatic nitrogens is 2. The molecule has 4 heteroatoms. The van der Waals surface area contributed by atoms with Gasteiger partial charge in [-0.1, -0.05) is 25.5 Å². The van der Waals surface area contributed by atoms with E-state index in [1.165, 1.54) is 30.6 Å². The molecule has 26 heavy (non-hydrogen) atoms. The van der Waals surface area contributed by atoms with E-state index in [-0.39, 0.29) is 0 Å². The quantitative estimate of drug-likeness (QED) is 0.668. The van der Waals surface area contributed by atoms with E-state index >= 15 is 0 Å². The number of benzene rings is 1. The van der Waals surface area contributed by atoms with E-state index in [0.717, 1.165) is 60.2 Å². The fourth-order valence-electron chi connectivity index (χ4n) is 4.25. The second-order valence-corrected chi connectivity index (χ2v) is 7.32. The first-order valence-corrected chi connectivity index (χ1v) is 9.84. The summed E-state index contributed by atoms with van der Waals surface area (Å²) in [6.45, 7) is 6.51. The van der Waals surface area contributed by atoms with Crippen molar-refractivity contribution in [1.82, 2.24) is 9.38 Å². The molecule has 0 amide bonds. The molecule has 0 atom stereocenters. The molecule has 1 aliphatic heterocycles. The molecule has 0 radical (unpaired) electrons. The molecule has 4 rings (SSSR count). The highest BCUT2D eigenvalue weighted by Crippen LogP contribution is 2.35. The van der Waals surface area contributed by atoms with Crippen LogP contribution in [0.2, 0.25) is 0 Å². The number of imidazole rings is 1. The first-order chi connectivity index (χ1) is 12.8. The van der Waals surface area contributed by atoms with E-state index in [2.05, 4.69) is 41.4 Å². The van der Waals surface area contributed by atoms with Gasteiger partial charge >= 0.3 is 0 Å². The highest BCUT2D eigenvalue weighted by atomic mass is 15.2. The average Bonchev–Trinajstić information content (AvgIpc) is 3.05. The standard InChI is InChI=1S/C22H26N4/c1-3-4-10-17-16(2)18(15-23)21-24-19-11-6-7-12-20(19)26(21)22(17)25-13-8-5-9-14-25/h6-7,11-12H,3-5,8-10,13-14H2,1-2H3. The van der Waals surface area contributed by atoms with Crippen molar-refractivity contribution in [3.8, 4) is 6.07 Å². The second-order valence-electron chi connectivity index (χ2n) is 7.32. The molecule has 3 heterocycles. The van der Waals surface area contributed by atoms with Gasteiger partial charge in [-0.05, 0) is 62.3 Å². The number of rotatable bonds is 4. The van der Waals surface area contributed by atoms with Crippen LogP contribution in [0.25, 0.3) is 16.7 Å². The predicted molar refractivity (Wildman–Crippen MR) is 107 cm³/mol. The van der Waals surface area contributed by atoms with E-state index in [4.69, 9.17) is 4.98 Å². The number of para-hydroxylation sites is 2. The number of nitriles is 1. The Hall–Kier alpha value is -2.54. The highest BCUT2D eigenvalue weighted by molar-refractivity contribution is 5.86. The Morgan fingerprint density at radius 1 is 1.15 bits per heavy atom. The predicted octanol–water partition coefficient (Wildman–Crippen LogP) is 5.00. The Kier molecular flexibility index (Phi) is 4.55. The molecule has 0 aliphatic carbocycles. The van der Waals surface area contributed by atoms with E-state index in [1.54, 1.807) is 0 Å². The lowest BCUT2D eigenvalue weighted by molar-refractivity contribution is 0.569. The van der Waals surface area contributed by atoms with Crippen LogP contribution in [0.3, 0.4) is 0 Å². The molecule has 134 valence electrons. The Morgan fingerprint density at radius 3 is 2.65 bits per heavy atom. The minimum Gasteiger partial charge on any atom is -0.357 e. The van der Waals surface area contributed by atoms with Gasteiger partial charge in [-0.25, -0.2) is 4.98 Å². The van der Waals surface area contributed by atoms with Crippen LogP contribution in [0.1, 0.15) is 55.7 Å². The summed E-state index contributed by atoms with van der Waals surface area (Å²) in [5.41, 5.74) is 6.07. The number of hydrogen-bond donors (Lipinski definition) is 0. The summed E-state index contributed by atoms with van der Waals surface area (Å²) in [5.74, 6) is 1.28. The Morgan fingerprint density at radius 2 is 1.92 bits per heavy atom. The van der Waals surface area contributed by atoms with Gasteiger partial charge in [0.2, 0.25) is 0 Å². The summed E-state index contributed by atoms with van der Waals surface area (Å²) in [6, 6.07) is 10.7. The summed E-state index contributed by atoms with van der Waals surface area (Å²) < 4.78 is 2.26. The van der Waals surface area contributed by atoms with Gasteiger partial charge in [-0.3, -0.25) is 4.40 Å². The maximum Gasteiger partial charge on any atom is 0.157 e. The Labute approximate surface area is 155 Å². The van der Waals surface area contributed by atoms with Crippen LogP contribution < -0.4 is 4.90 Å². The van der Waals surface area contributed by atoms with Gasteiger partial charge in [0.05, 0.1) is 16.6 Å². The fourth-order valence-corrected chi connectivity index (χ4v) is 4.25. The lowest BCUT2D eigenvalue weighted by Gasteiger charge is -2.32. The Balaban J connectivity index is 2.10. The molecule has 0 saturated carbocycles. The van der Waals surface area contributed by atoms with Gasteiger partial charge in [-0.15, -0.1) is 0 Å². The number of hydrogen-bond acceptors (Lipinski definition) is 3. The summed E-state index contributed by atoms with van der Waals surface area (Å²) in [6.07, 6.45) is 7.10. The van der Waals surface area contributed by atoms with Crippen molar-refractivity contribution in [2.45, 2.75) is 52.4 Å². The maximum absolute atomic E-state index is 9.88. The van der Waals surface area contributed by atoms with Crippen molar-refractivity contribution in [3.63, 3.8) is 0 Å². The third-order valence-electron chi connectivity index (χ3n) is 5.64. The lowest BCUT2D eigenvalue weighted by Crippen LogP contribution is -2.32. The number of unbranched alkanes of at least 4 members (excludes halogenated alkanes) is 1. The average molecular weight is 346 g/mol. The molecule has 0 bridgehead atoms. The van der Waals surface area contributed by atoms with Gasteiger partial charge in [0.25, 0.3) is 0 Å². The van der Waals surface area contributed by atoms with Crippen LogP contribution in [0, 0.1) is 18.3 Å². The van der Waals surface area contributed by atoms with Crippen LogP contribution in [0.4, 0.5) is 5.82 Å². The van der Waals surface area contributed by atoms with Crippen molar-refractivity contribution < 1.29 is 0 Å². The van der Waals surface area contributed by atoms with Crippen molar-refractivity contribution in [3.05, 3.63) is 41.0 Å². The SMILES string of the molecule is CCCCc1c(C)c(C#N)c2nc3ccccc3n2c1N1CCCCC1. The van der Waals surface area contributed by atoms with E-state index in [0.29, 0.717) is 0 Å². The molecule has 1 fully saturated rings. The molecule has 0 spiro atoms. The first kappa shape index (κ1) is 16.9. The minimum absolute atomic E-state index is 0.730. The molecule has 1 saturated heterocycles. The van der Waals surface area contributed by atoms with Gasteiger partial charge in [0, 0.05) is 13.1 Å². The minimum atomic E-state index is 0.730. The van der Waals surface area contributed by atoms with Crippen LogP contribution in [0.15, 0.2) is 24.3 Å². The van der Waals surface area contributed by atoms with Crippen molar-refractivity contribution in [2.24, 2.45) is 0 Å². The monoisotopic (exact) mass is 346 g/mol. The molecule has 2 aromatic heterocycles. The van der Waals surface area contributed by atoms with E-state index in [1.807, 2.05) is 12.1 Å². The van der Waals surface area contributed by atoms with E-state index < -0.39 is 0 Å². The smallest absolute Gasteiger partial charge is 0.157 e. The third-order valence-corrected chi connectivity index (χ3v) is 5.64. The number of piperidine rings is 1. The van der Waals surface area contributed by atoms with Gasteiger partial charge < -0.3 is 4.90 Å². The maximum atomic E-state index is 9.88. The van der Waals surface area contributed by atoms with E-state index in [9.17, 15) is 5.26 Å². The zero-order chi connectivity index (χ0) is 18.1. The van der Waals surface area contributed by atoms with Crippen LogP contribution >= 0.6 is 0 Å². The molecular formula is C22H26N4. The summed E-state index contributed by atoms with van der Waals surface area (Å²) in [4.78, 5) is 7.37. The topological polar surface area (TPSA) is 44.3 Å². The highest BCUT2D eigenvalue weighted by Gasteiger charge is 2.24. The zero-order valence-corrected chi connectivity index (χ0v) is 15.8. The third kappa shape index (κ3) is 2.63. The first-order valence-electron chi connectivity index (χ1n) is 9.84.